The fourth-order valence-corrected chi connectivity index (χ4v) is 4.05. The quantitative estimate of drug-likeness (QED) is 0.700. The second-order valence-corrected chi connectivity index (χ2v) is 8.15. The number of anilines is 1. The van der Waals surface area contributed by atoms with Crippen LogP contribution in [0.1, 0.15) is 29.5 Å². The molecule has 138 valence electrons. The molecule has 3 rings (SSSR count). The van der Waals surface area contributed by atoms with Crippen LogP contribution in [0.3, 0.4) is 0 Å². The molecule has 0 unspecified atom stereocenters. The van der Waals surface area contributed by atoms with Crippen molar-refractivity contribution in [1.82, 2.24) is 5.32 Å². The minimum Gasteiger partial charge on any atom is -0.359 e. The predicted molar refractivity (Wildman–Crippen MR) is 114 cm³/mol. The van der Waals surface area contributed by atoms with E-state index in [0.717, 1.165) is 48.3 Å². The highest BCUT2D eigenvalue weighted by Gasteiger charge is 2.22. The number of rotatable bonds is 4. The Morgan fingerprint density at radius 3 is 2.31 bits per heavy atom. The Morgan fingerprint density at radius 2 is 1.69 bits per heavy atom. The van der Waals surface area contributed by atoms with Crippen LogP contribution < -0.4 is 15.5 Å². The molecule has 3 nitrogen and oxygen atoms in total. The number of hydrogen-bond donors (Lipinski definition) is 3. The second-order valence-electron chi connectivity index (χ2n) is 7.30. The van der Waals surface area contributed by atoms with Crippen molar-refractivity contribution in [2.45, 2.75) is 39.3 Å². The summed E-state index contributed by atoms with van der Waals surface area (Å²) in [4.78, 5) is 1.62. The molecule has 2 aromatic rings. The summed E-state index contributed by atoms with van der Waals surface area (Å²) in [5, 5.41) is 8.34. The monoisotopic (exact) mass is 388 g/mol. The Labute approximate surface area is 166 Å². The molecule has 0 aromatic heterocycles. The number of aryl methyl sites for hydroxylation is 2. The van der Waals surface area contributed by atoms with Crippen LogP contribution in [0.2, 0.25) is 5.02 Å². The van der Waals surface area contributed by atoms with Gasteiger partial charge in [-0.25, -0.2) is 0 Å². The topological polar surface area (TPSA) is 28.5 Å². The van der Waals surface area contributed by atoms with Gasteiger partial charge in [-0.3, -0.25) is 0 Å². The van der Waals surface area contributed by atoms with E-state index in [2.05, 4.69) is 54.8 Å². The van der Waals surface area contributed by atoms with E-state index in [1.165, 1.54) is 16.7 Å². The maximum absolute atomic E-state index is 5.96. The van der Waals surface area contributed by atoms with Crippen LogP contribution in [0.4, 0.5) is 5.69 Å². The van der Waals surface area contributed by atoms with Crippen molar-refractivity contribution in [2.24, 2.45) is 0 Å². The molecule has 0 saturated carbocycles. The summed E-state index contributed by atoms with van der Waals surface area (Å²) in [6.07, 6.45) is 2.27. The molecular weight excluding hydrogens is 362 g/mol. The third kappa shape index (κ3) is 5.70. The van der Waals surface area contributed by atoms with Crippen molar-refractivity contribution in [2.75, 3.05) is 18.4 Å². The lowest BCUT2D eigenvalue weighted by atomic mass is 10.0. The van der Waals surface area contributed by atoms with Crippen LogP contribution in [-0.4, -0.2) is 24.2 Å². The molecule has 1 aliphatic heterocycles. The van der Waals surface area contributed by atoms with Crippen LogP contribution in [-0.2, 0) is 6.54 Å². The first-order valence-corrected chi connectivity index (χ1v) is 10.0. The van der Waals surface area contributed by atoms with Crippen LogP contribution in [0.5, 0.6) is 0 Å². The first-order valence-electron chi connectivity index (χ1n) is 9.22. The van der Waals surface area contributed by atoms with Gasteiger partial charge in [-0.05, 0) is 61.5 Å². The number of quaternary nitrogens is 1. The average molecular weight is 389 g/mol. The number of likely N-dealkylation sites (tertiary alicyclic amines) is 1. The number of hydrogen-bond acceptors (Lipinski definition) is 1. The van der Waals surface area contributed by atoms with Crippen molar-refractivity contribution in [1.29, 1.82) is 0 Å². The summed E-state index contributed by atoms with van der Waals surface area (Å²) in [7, 11) is 0. The van der Waals surface area contributed by atoms with Crippen molar-refractivity contribution >= 4 is 34.6 Å². The van der Waals surface area contributed by atoms with E-state index in [9.17, 15) is 0 Å². The van der Waals surface area contributed by atoms with E-state index in [1.807, 2.05) is 12.1 Å². The number of halogens is 1. The van der Waals surface area contributed by atoms with Gasteiger partial charge in [0, 0.05) is 35.2 Å². The van der Waals surface area contributed by atoms with Gasteiger partial charge < -0.3 is 15.5 Å². The largest absolute Gasteiger partial charge is 0.359 e. The Kier molecular flexibility index (Phi) is 6.52. The Balaban J connectivity index is 1.44. The van der Waals surface area contributed by atoms with Gasteiger partial charge in [0.2, 0.25) is 0 Å². The average Bonchev–Trinajstić information content (AvgIpc) is 2.57. The molecule has 1 fully saturated rings. The SMILES string of the molecule is Cc1cc(C)cc(NC(=S)NC2CC[NH+](Cc3ccc(Cl)cc3)CC2)c1. The van der Waals surface area contributed by atoms with Crippen molar-refractivity contribution in [3.05, 3.63) is 64.2 Å². The highest BCUT2D eigenvalue weighted by Crippen LogP contribution is 2.14. The fourth-order valence-electron chi connectivity index (χ4n) is 3.64. The van der Waals surface area contributed by atoms with E-state index in [1.54, 1.807) is 4.90 Å². The van der Waals surface area contributed by atoms with Crippen LogP contribution in [0, 0.1) is 13.8 Å². The fraction of sp³-hybridized carbons (Fsp3) is 0.381. The second kappa shape index (κ2) is 8.85. The molecule has 3 N–H and O–H groups in total. The number of benzene rings is 2. The zero-order chi connectivity index (χ0) is 18.5. The summed E-state index contributed by atoms with van der Waals surface area (Å²) in [6, 6.07) is 15.1. The molecule has 0 aliphatic carbocycles. The third-order valence-electron chi connectivity index (χ3n) is 4.87. The molecule has 1 heterocycles. The number of piperidine rings is 1. The highest BCUT2D eigenvalue weighted by molar-refractivity contribution is 7.80. The van der Waals surface area contributed by atoms with Gasteiger partial charge in [-0.2, -0.15) is 0 Å². The summed E-state index contributed by atoms with van der Waals surface area (Å²) in [5.74, 6) is 0. The van der Waals surface area contributed by atoms with Crippen molar-refractivity contribution in [3.63, 3.8) is 0 Å². The molecule has 0 amide bonds. The summed E-state index contributed by atoms with van der Waals surface area (Å²) in [6.45, 7) is 7.59. The number of thiocarbonyl (C=S) groups is 1. The minimum atomic E-state index is 0.454. The van der Waals surface area contributed by atoms with Gasteiger partial charge in [-0.1, -0.05) is 29.8 Å². The first-order chi connectivity index (χ1) is 12.5. The van der Waals surface area contributed by atoms with Crippen LogP contribution in [0.25, 0.3) is 0 Å². The first kappa shape index (κ1) is 19.2. The number of nitrogens with one attached hydrogen (secondary N) is 3. The van der Waals surface area contributed by atoms with E-state index in [4.69, 9.17) is 23.8 Å². The summed E-state index contributed by atoms with van der Waals surface area (Å²) >= 11 is 11.5. The van der Waals surface area contributed by atoms with E-state index >= 15 is 0 Å². The lowest BCUT2D eigenvalue weighted by molar-refractivity contribution is -0.918. The van der Waals surface area contributed by atoms with Gasteiger partial charge in [0.05, 0.1) is 13.1 Å². The third-order valence-corrected chi connectivity index (χ3v) is 5.35. The van der Waals surface area contributed by atoms with E-state index in [0.29, 0.717) is 6.04 Å². The van der Waals surface area contributed by atoms with Gasteiger partial charge in [0.25, 0.3) is 0 Å². The standard InChI is InChI=1S/C21H26ClN3S/c1-15-11-16(2)13-20(12-15)24-21(26)23-19-7-9-25(10-8-19)14-17-3-5-18(22)6-4-17/h3-6,11-13,19H,7-10,14H2,1-2H3,(H2,23,24,26)/p+1. The Hall–Kier alpha value is -1.62. The Morgan fingerprint density at radius 1 is 1.08 bits per heavy atom. The van der Waals surface area contributed by atoms with Gasteiger partial charge in [0.1, 0.15) is 6.54 Å². The molecule has 0 atom stereocenters. The van der Waals surface area contributed by atoms with Crippen LogP contribution >= 0.6 is 23.8 Å². The summed E-state index contributed by atoms with van der Waals surface area (Å²) in [5.41, 5.74) is 4.90. The zero-order valence-corrected chi connectivity index (χ0v) is 17.0. The van der Waals surface area contributed by atoms with Crippen molar-refractivity contribution in [3.8, 4) is 0 Å². The van der Waals surface area contributed by atoms with E-state index < -0.39 is 0 Å². The molecule has 5 heteroatoms. The molecule has 0 radical (unpaired) electrons. The molecule has 1 saturated heterocycles. The van der Waals surface area contributed by atoms with Gasteiger partial charge >= 0.3 is 0 Å². The lowest BCUT2D eigenvalue weighted by Crippen LogP contribution is -3.12. The molecule has 2 aromatic carbocycles. The summed E-state index contributed by atoms with van der Waals surface area (Å²) < 4.78 is 0. The maximum Gasteiger partial charge on any atom is 0.171 e. The zero-order valence-electron chi connectivity index (χ0n) is 15.4. The molecule has 26 heavy (non-hydrogen) atoms. The van der Waals surface area contributed by atoms with Crippen LogP contribution in [0.15, 0.2) is 42.5 Å². The molecule has 1 aliphatic rings. The molecular formula is C21H27ClN3S+. The van der Waals surface area contributed by atoms with Gasteiger partial charge in [0.15, 0.2) is 5.11 Å². The highest BCUT2D eigenvalue weighted by atomic mass is 35.5. The minimum absolute atomic E-state index is 0.454. The van der Waals surface area contributed by atoms with Gasteiger partial charge in [-0.15, -0.1) is 0 Å². The normalized spacial score (nSPS) is 19.8. The smallest absolute Gasteiger partial charge is 0.171 e. The maximum atomic E-state index is 5.96. The van der Waals surface area contributed by atoms with E-state index in [-0.39, 0.29) is 0 Å². The molecule has 0 bridgehead atoms. The molecule has 0 spiro atoms. The lowest BCUT2D eigenvalue weighted by Gasteiger charge is -2.30. The Bertz CT molecular complexity index is 732. The van der Waals surface area contributed by atoms with Crippen molar-refractivity contribution < 1.29 is 4.90 Å². The predicted octanol–water partition coefficient (Wildman–Crippen LogP) is 3.49.